The molecule has 0 saturated carbocycles. The highest BCUT2D eigenvalue weighted by Gasteiger charge is 2.45. The molecule has 0 aromatic rings. The Balaban J connectivity index is 2.66. The van der Waals surface area contributed by atoms with E-state index in [4.69, 9.17) is 0 Å². The standard InChI is InChI=1S/C6H11F2N/c1-5-3-4-9(2)6(5,7)8/h5H,3-4H2,1-2H3. The molecular formula is C6H11F2N. The van der Waals surface area contributed by atoms with E-state index in [1.54, 1.807) is 6.92 Å². The van der Waals surface area contributed by atoms with E-state index in [2.05, 4.69) is 0 Å². The fourth-order valence-corrected chi connectivity index (χ4v) is 1.09. The van der Waals surface area contributed by atoms with Crippen LogP contribution < -0.4 is 0 Å². The Hall–Kier alpha value is -0.180. The van der Waals surface area contributed by atoms with Crippen LogP contribution in [0.3, 0.4) is 0 Å². The molecule has 0 aromatic heterocycles. The van der Waals surface area contributed by atoms with Gasteiger partial charge in [0.1, 0.15) is 0 Å². The van der Waals surface area contributed by atoms with E-state index < -0.39 is 12.0 Å². The molecule has 0 N–H and O–H groups in total. The summed E-state index contributed by atoms with van der Waals surface area (Å²) < 4.78 is 25.3. The van der Waals surface area contributed by atoms with E-state index in [0.29, 0.717) is 13.0 Å². The van der Waals surface area contributed by atoms with Gasteiger partial charge in [0, 0.05) is 12.5 Å². The number of likely N-dealkylation sites (tertiary alicyclic amines) is 1. The van der Waals surface area contributed by atoms with Crippen molar-refractivity contribution in [3.63, 3.8) is 0 Å². The van der Waals surface area contributed by atoms with E-state index in [9.17, 15) is 8.78 Å². The minimum atomic E-state index is -2.56. The van der Waals surface area contributed by atoms with Gasteiger partial charge in [-0.25, -0.2) is 4.90 Å². The molecule has 0 aliphatic carbocycles. The highest BCUT2D eigenvalue weighted by molar-refractivity contribution is 4.80. The van der Waals surface area contributed by atoms with E-state index in [0.717, 1.165) is 4.90 Å². The Morgan fingerprint density at radius 2 is 2.11 bits per heavy atom. The molecule has 9 heavy (non-hydrogen) atoms. The van der Waals surface area contributed by atoms with Crippen LogP contribution in [0.15, 0.2) is 0 Å². The average Bonchev–Trinajstić information content (AvgIpc) is 1.96. The fraction of sp³-hybridized carbons (Fsp3) is 1.00. The number of hydrogen-bond acceptors (Lipinski definition) is 1. The molecule has 1 atom stereocenters. The molecule has 0 bridgehead atoms. The lowest BCUT2D eigenvalue weighted by Crippen LogP contribution is -2.35. The topological polar surface area (TPSA) is 3.24 Å². The summed E-state index contributed by atoms with van der Waals surface area (Å²) in [7, 11) is 1.46. The predicted molar refractivity (Wildman–Crippen MR) is 31.4 cm³/mol. The van der Waals surface area contributed by atoms with Crippen molar-refractivity contribution in [2.45, 2.75) is 19.4 Å². The Kier molecular flexibility index (Phi) is 1.47. The highest BCUT2D eigenvalue weighted by atomic mass is 19.3. The lowest BCUT2D eigenvalue weighted by Gasteiger charge is -2.21. The molecule has 1 rings (SSSR count). The molecule has 1 nitrogen and oxygen atoms in total. The van der Waals surface area contributed by atoms with E-state index >= 15 is 0 Å². The summed E-state index contributed by atoms with van der Waals surface area (Å²) in [5.41, 5.74) is 0. The molecule has 0 radical (unpaired) electrons. The van der Waals surface area contributed by atoms with Gasteiger partial charge in [-0.1, -0.05) is 6.92 Å². The van der Waals surface area contributed by atoms with Gasteiger partial charge in [0.15, 0.2) is 0 Å². The molecule has 1 unspecified atom stereocenters. The third kappa shape index (κ3) is 0.936. The third-order valence-corrected chi connectivity index (χ3v) is 2.00. The second-order valence-corrected chi connectivity index (χ2v) is 2.70. The fourth-order valence-electron chi connectivity index (χ4n) is 1.09. The van der Waals surface area contributed by atoms with Gasteiger partial charge >= 0.3 is 6.05 Å². The van der Waals surface area contributed by atoms with Gasteiger partial charge in [-0.15, -0.1) is 0 Å². The van der Waals surface area contributed by atoms with Crippen molar-refractivity contribution in [2.75, 3.05) is 13.6 Å². The summed E-state index contributed by atoms with van der Waals surface area (Å²) in [6.45, 7) is 2.11. The summed E-state index contributed by atoms with van der Waals surface area (Å²) in [5, 5.41) is 0. The van der Waals surface area contributed by atoms with Gasteiger partial charge in [0.25, 0.3) is 0 Å². The van der Waals surface area contributed by atoms with Crippen molar-refractivity contribution in [3.8, 4) is 0 Å². The van der Waals surface area contributed by atoms with Crippen molar-refractivity contribution >= 4 is 0 Å². The molecule has 0 amide bonds. The second-order valence-electron chi connectivity index (χ2n) is 2.70. The first-order chi connectivity index (χ1) is 4.05. The van der Waals surface area contributed by atoms with Crippen LogP contribution in [-0.4, -0.2) is 24.5 Å². The van der Waals surface area contributed by atoms with Crippen molar-refractivity contribution in [1.29, 1.82) is 0 Å². The van der Waals surface area contributed by atoms with Gasteiger partial charge in [0.05, 0.1) is 0 Å². The van der Waals surface area contributed by atoms with Crippen LogP contribution in [0.25, 0.3) is 0 Å². The molecule has 54 valence electrons. The zero-order valence-electron chi connectivity index (χ0n) is 5.69. The minimum Gasteiger partial charge on any atom is -0.247 e. The first kappa shape index (κ1) is 6.93. The number of hydrogen-bond donors (Lipinski definition) is 0. The number of nitrogens with zero attached hydrogens (tertiary/aromatic N) is 1. The van der Waals surface area contributed by atoms with Gasteiger partial charge in [-0.2, -0.15) is 8.78 Å². The van der Waals surface area contributed by atoms with Crippen molar-refractivity contribution in [3.05, 3.63) is 0 Å². The molecule has 1 aliphatic rings. The summed E-state index contributed by atoms with van der Waals surface area (Å²) >= 11 is 0. The first-order valence-corrected chi connectivity index (χ1v) is 3.14. The summed E-state index contributed by atoms with van der Waals surface area (Å²) in [5.74, 6) is -0.470. The normalized spacial score (nSPS) is 35.3. The first-order valence-electron chi connectivity index (χ1n) is 3.14. The predicted octanol–water partition coefficient (Wildman–Crippen LogP) is 1.55. The van der Waals surface area contributed by atoms with Crippen LogP contribution in [0.5, 0.6) is 0 Å². The minimum absolute atomic E-state index is 0.470. The monoisotopic (exact) mass is 135 g/mol. The maximum absolute atomic E-state index is 12.7. The van der Waals surface area contributed by atoms with Crippen LogP contribution in [-0.2, 0) is 0 Å². The quantitative estimate of drug-likeness (QED) is 0.455. The zero-order chi connectivity index (χ0) is 7.07. The summed E-state index contributed by atoms with van der Waals surface area (Å²) in [6.07, 6.45) is 0.615. The molecular weight excluding hydrogens is 124 g/mol. The SMILES string of the molecule is CC1CCN(C)C1(F)F. The number of halogens is 2. The molecule has 3 heteroatoms. The highest BCUT2D eigenvalue weighted by Crippen LogP contribution is 2.35. The molecule has 1 fully saturated rings. The van der Waals surface area contributed by atoms with Crippen molar-refractivity contribution in [2.24, 2.45) is 5.92 Å². The lowest BCUT2D eigenvalue weighted by molar-refractivity contribution is -0.134. The van der Waals surface area contributed by atoms with Crippen LogP contribution in [0.1, 0.15) is 13.3 Å². The molecule has 1 heterocycles. The second kappa shape index (κ2) is 1.90. The molecule has 0 aromatic carbocycles. The Labute approximate surface area is 53.6 Å². The van der Waals surface area contributed by atoms with Crippen molar-refractivity contribution in [1.82, 2.24) is 4.90 Å². The molecule has 1 aliphatic heterocycles. The van der Waals surface area contributed by atoms with E-state index in [1.807, 2.05) is 0 Å². The molecule has 0 spiro atoms. The van der Waals surface area contributed by atoms with Gasteiger partial charge < -0.3 is 0 Å². The summed E-state index contributed by atoms with van der Waals surface area (Å²) in [4.78, 5) is 1.11. The zero-order valence-corrected chi connectivity index (χ0v) is 5.69. The van der Waals surface area contributed by atoms with E-state index in [-0.39, 0.29) is 0 Å². The lowest BCUT2D eigenvalue weighted by atomic mass is 10.1. The van der Waals surface area contributed by atoms with Crippen molar-refractivity contribution < 1.29 is 8.78 Å². The number of alkyl halides is 2. The Morgan fingerprint density at radius 3 is 2.22 bits per heavy atom. The third-order valence-electron chi connectivity index (χ3n) is 2.00. The Morgan fingerprint density at radius 1 is 1.56 bits per heavy atom. The molecule has 1 saturated heterocycles. The van der Waals surface area contributed by atoms with E-state index in [1.165, 1.54) is 7.05 Å². The van der Waals surface area contributed by atoms with Crippen LogP contribution in [0, 0.1) is 5.92 Å². The van der Waals surface area contributed by atoms with Crippen LogP contribution in [0.2, 0.25) is 0 Å². The van der Waals surface area contributed by atoms with Gasteiger partial charge in [-0.05, 0) is 13.5 Å². The summed E-state index contributed by atoms with van der Waals surface area (Å²) in [6, 6.07) is -2.56. The van der Waals surface area contributed by atoms with Gasteiger partial charge in [0.2, 0.25) is 0 Å². The van der Waals surface area contributed by atoms with Crippen LogP contribution >= 0.6 is 0 Å². The average molecular weight is 135 g/mol. The Bertz CT molecular complexity index is 102. The smallest absolute Gasteiger partial charge is 0.247 e. The maximum atomic E-state index is 12.7. The number of rotatable bonds is 0. The maximum Gasteiger partial charge on any atom is 0.307 e. The largest absolute Gasteiger partial charge is 0.307 e. The van der Waals surface area contributed by atoms with Crippen LogP contribution in [0.4, 0.5) is 8.78 Å². The van der Waals surface area contributed by atoms with Gasteiger partial charge in [-0.3, -0.25) is 0 Å².